The van der Waals surface area contributed by atoms with Gasteiger partial charge in [0.15, 0.2) is 11.5 Å². The lowest BCUT2D eigenvalue weighted by atomic mass is 9.96. The number of methoxy groups -OCH3 is 2. The predicted octanol–water partition coefficient (Wildman–Crippen LogP) is 3.16. The SMILES string of the molecule is COc1cc(C(C)F)c(C2CCCN2)cc1OC. The molecule has 1 aromatic rings. The third-order valence-corrected chi connectivity index (χ3v) is 3.45. The highest BCUT2D eigenvalue weighted by Gasteiger charge is 2.24. The van der Waals surface area contributed by atoms with Crippen molar-refractivity contribution in [2.75, 3.05) is 20.8 Å². The van der Waals surface area contributed by atoms with E-state index in [4.69, 9.17) is 9.47 Å². The number of hydrogen-bond donors (Lipinski definition) is 1. The van der Waals surface area contributed by atoms with Crippen LogP contribution in [0.3, 0.4) is 0 Å². The zero-order valence-electron chi connectivity index (χ0n) is 11.1. The van der Waals surface area contributed by atoms with Gasteiger partial charge in [0, 0.05) is 6.04 Å². The molecule has 0 bridgehead atoms. The standard InChI is InChI=1S/C14H20FNO2/c1-9(15)10-7-13(17-2)14(18-3)8-11(10)12-5-4-6-16-12/h7-9,12,16H,4-6H2,1-3H3. The fraction of sp³-hybridized carbons (Fsp3) is 0.571. The summed E-state index contributed by atoms with van der Waals surface area (Å²) in [6.45, 7) is 2.54. The van der Waals surface area contributed by atoms with Crippen LogP contribution in [0.15, 0.2) is 12.1 Å². The number of hydrogen-bond acceptors (Lipinski definition) is 3. The van der Waals surface area contributed by atoms with E-state index in [1.54, 1.807) is 27.2 Å². The van der Waals surface area contributed by atoms with E-state index in [9.17, 15) is 4.39 Å². The van der Waals surface area contributed by atoms with Crippen molar-refractivity contribution in [1.29, 1.82) is 0 Å². The zero-order chi connectivity index (χ0) is 13.1. The second-order valence-corrected chi connectivity index (χ2v) is 4.60. The van der Waals surface area contributed by atoms with Gasteiger partial charge in [-0.2, -0.15) is 0 Å². The Hall–Kier alpha value is -1.29. The van der Waals surface area contributed by atoms with Crippen LogP contribution in [-0.2, 0) is 0 Å². The van der Waals surface area contributed by atoms with E-state index in [0.29, 0.717) is 17.1 Å². The van der Waals surface area contributed by atoms with Crippen LogP contribution in [0, 0.1) is 0 Å². The van der Waals surface area contributed by atoms with E-state index in [0.717, 1.165) is 24.9 Å². The van der Waals surface area contributed by atoms with Crippen LogP contribution in [0.25, 0.3) is 0 Å². The maximum Gasteiger partial charge on any atom is 0.161 e. The van der Waals surface area contributed by atoms with Gasteiger partial charge in [-0.1, -0.05) is 0 Å². The lowest BCUT2D eigenvalue weighted by molar-refractivity contribution is 0.343. The van der Waals surface area contributed by atoms with Crippen LogP contribution in [-0.4, -0.2) is 20.8 Å². The Labute approximate surface area is 107 Å². The topological polar surface area (TPSA) is 30.5 Å². The van der Waals surface area contributed by atoms with E-state index in [1.807, 2.05) is 6.07 Å². The van der Waals surface area contributed by atoms with E-state index in [2.05, 4.69) is 5.32 Å². The maximum absolute atomic E-state index is 13.8. The summed E-state index contributed by atoms with van der Waals surface area (Å²) >= 11 is 0. The second-order valence-electron chi connectivity index (χ2n) is 4.60. The molecule has 0 aliphatic carbocycles. The lowest BCUT2D eigenvalue weighted by Crippen LogP contribution is -2.15. The largest absolute Gasteiger partial charge is 0.493 e. The number of halogens is 1. The quantitative estimate of drug-likeness (QED) is 0.894. The molecule has 3 nitrogen and oxygen atoms in total. The third-order valence-electron chi connectivity index (χ3n) is 3.45. The van der Waals surface area contributed by atoms with Gasteiger partial charge in [-0.3, -0.25) is 0 Å². The second kappa shape index (κ2) is 5.57. The highest BCUT2D eigenvalue weighted by molar-refractivity contribution is 5.49. The molecule has 1 fully saturated rings. The summed E-state index contributed by atoms with van der Waals surface area (Å²) in [7, 11) is 3.17. The van der Waals surface area contributed by atoms with Crippen molar-refractivity contribution in [2.45, 2.75) is 32.0 Å². The van der Waals surface area contributed by atoms with E-state index in [1.165, 1.54) is 0 Å². The van der Waals surface area contributed by atoms with Gasteiger partial charge in [-0.25, -0.2) is 4.39 Å². The molecule has 0 spiro atoms. The van der Waals surface area contributed by atoms with E-state index < -0.39 is 6.17 Å². The van der Waals surface area contributed by atoms with Crippen molar-refractivity contribution in [2.24, 2.45) is 0 Å². The Morgan fingerprint density at radius 1 is 1.28 bits per heavy atom. The summed E-state index contributed by atoms with van der Waals surface area (Å²) < 4.78 is 24.3. The van der Waals surface area contributed by atoms with Gasteiger partial charge in [0.25, 0.3) is 0 Å². The Morgan fingerprint density at radius 2 is 1.94 bits per heavy atom. The first-order chi connectivity index (χ1) is 8.67. The van der Waals surface area contributed by atoms with Crippen molar-refractivity contribution in [3.63, 3.8) is 0 Å². The van der Waals surface area contributed by atoms with Gasteiger partial charge < -0.3 is 14.8 Å². The minimum atomic E-state index is -1.01. The molecule has 0 radical (unpaired) electrons. The number of rotatable bonds is 4. The van der Waals surface area contributed by atoms with Gasteiger partial charge >= 0.3 is 0 Å². The Morgan fingerprint density at radius 3 is 2.44 bits per heavy atom. The lowest BCUT2D eigenvalue weighted by Gasteiger charge is -2.20. The molecule has 1 N–H and O–H groups in total. The number of ether oxygens (including phenoxy) is 2. The first kappa shape index (κ1) is 13.1. The number of nitrogens with one attached hydrogen (secondary N) is 1. The van der Waals surface area contributed by atoms with Crippen LogP contribution in [0.2, 0.25) is 0 Å². The summed E-state index contributed by atoms with van der Waals surface area (Å²) in [5.41, 5.74) is 1.67. The van der Waals surface area contributed by atoms with E-state index >= 15 is 0 Å². The summed E-state index contributed by atoms with van der Waals surface area (Å²) in [5.74, 6) is 1.24. The fourth-order valence-corrected chi connectivity index (χ4v) is 2.51. The average Bonchev–Trinajstić information content (AvgIpc) is 2.90. The molecule has 18 heavy (non-hydrogen) atoms. The Bertz CT molecular complexity index is 415. The van der Waals surface area contributed by atoms with Gasteiger partial charge in [0.2, 0.25) is 0 Å². The van der Waals surface area contributed by atoms with E-state index in [-0.39, 0.29) is 6.04 Å². The fourth-order valence-electron chi connectivity index (χ4n) is 2.51. The Kier molecular flexibility index (Phi) is 4.07. The van der Waals surface area contributed by atoms with Crippen LogP contribution in [0.5, 0.6) is 11.5 Å². The summed E-state index contributed by atoms with van der Waals surface area (Å²) in [6, 6.07) is 3.87. The molecule has 2 rings (SSSR count). The van der Waals surface area contributed by atoms with Crippen molar-refractivity contribution in [3.05, 3.63) is 23.3 Å². The first-order valence-electron chi connectivity index (χ1n) is 6.30. The van der Waals surface area contributed by atoms with Crippen LogP contribution >= 0.6 is 0 Å². The molecule has 1 aliphatic rings. The maximum atomic E-state index is 13.8. The van der Waals surface area contributed by atoms with Gasteiger partial charge in [0.05, 0.1) is 14.2 Å². The van der Waals surface area contributed by atoms with Crippen molar-refractivity contribution in [3.8, 4) is 11.5 Å². The first-order valence-corrected chi connectivity index (χ1v) is 6.30. The molecular formula is C14H20FNO2. The third kappa shape index (κ3) is 2.43. The molecule has 1 saturated heterocycles. The van der Waals surface area contributed by atoms with Crippen LogP contribution in [0.4, 0.5) is 4.39 Å². The summed E-state index contributed by atoms with van der Waals surface area (Å²) in [6.07, 6.45) is 1.15. The Balaban J connectivity index is 2.47. The van der Waals surface area contributed by atoms with Crippen molar-refractivity contribution >= 4 is 0 Å². The molecule has 0 amide bonds. The smallest absolute Gasteiger partial charge is 0.161 e. The molecule has 1 heterocycles. The molecule has 0 aromatic heterocycles. The van der Waals surface area contributed by atoms with Crippen LogP contribution in [0.1, 0.15) is 43.1 Å². The number of benzene rings is 1. The molecular weight excluding hydrogens is 233 g/mol. The average molecular weight is 253 g/mol. The molecule has 0 saturated carbocycles. The van der Waals surface area contributed by atoms with Gasteiger partial charge in [0.1, 0.15) is 6.17 Å². The highest BCUT2D eigenvalue weighted by atomic mass is 19.1. The molecule has 2 atom stereocenters. The number of alkyl halides is 1. The van der Waals surface area contributed by atoms with Gasteiger partial charge in [-0.05, 0) is 49.6 Å². The highest BCUT2D eigenvalue weighted by Crippen LogP contribution is 2.38. The summed E-state index contributed by atoms with van der Waals surface area (Å²) in [5, 5.41) is 3.39. The van der Waals surface area contributed by atoms with Gasteiger partial charge in [-0.15, -0.1) is 0 Å². The minimum Gasteiger partial charge on any atom is -0.493 e. The monoisotopic (exact) mass is 253 g/mol. The predicted molar refractivity (Wildman–Crippen MR) is 69.0 cm³/mol. The molecule has 2 unspecified atom stereocenters. The molecule has 4 heteroatoms. The molecule has 1 aliphatic heterocycles. The van der Waals surface area contributed by atoms with Crippen molar-refractivity contribution in [1.82, 2.24) is 5.32 Å². The molecule has 1 aromatic carbocycles. The zero-order valence-corrected chi connectivity index (χ0v) is 11.1. The van der Waals surface area contributed by atoms with Crippen molar-refractivity contribution < 1.29 is 13.9 Å². The normalized spacial score (nSPS) is 20.8. The summed E-state index contributed by atoms with van der Waals surface area (Å²) in [4.78, 5) is 0. The van der Waals surface area contributed by atoms with Crippen LogP contribution < -0.4 is 14.8 Å². The molecule has 100 valence electrons. The minimum absolute atomic E-state index is 0.220.